The summed E-state index contributed by atoms with van der Waals surface area (Å²) in [5, 5.41) is 6.42. The minimum atomic E-state index is -4.14. The summed E-state index contributed by atoms with van der Waals surface area (Å²) in [7, 11) is 0. The number of guanidine groups is 1. The summed E-state index contributed by atoms with van der Waals surface area (Å²) in [4.78, 5) is 5.99. The second-order valence-electron chi connectivity index (χ2n) is 6.48. The quantitative estimate of drug-likeness (QED) is 0.370. The third kappa shape index (κ3) is 8.57. The SMILES string of the molecule is CCNC(=NCCc1ccc(C)cc1)NC1CCN(CC(F)(F)F)C1.I. The van der Waals surface area contributed by atoms with E-state index < -0.39 is 12.7 Å². The molecule has 1 atom stereocenters. The molecule has 0 spiro atoms. The van der Waals surface area contributed by atoms with Crippen molar-refractivity contribution in [3.05, 3.63) is 35.4 Å². The van der Waals surface area contributed by atoms with Crippen LogP contribution < -0.4 is 10.6 Å². The minimum absolute atomic E-state index is 0. The lowest BCUT2D eigenvalue weighted by molar-refractivity contribution is -0.143. The monoisotopic (exact) mass is 484 g/mol. The number of aliphatic imine (C=N–C) groups is 1. The van der Waals surface area contributed by atoms with Gasteiger partial charge in [-0.3, -0.25) is 9.89 Å². The number of hydrogen-bond acceptors (Lipinski definition) is 2. The average molecular weight is 484 g/mol. The zero-order chi connectivity index (χ0) is 18.3. The van der Waals surface area contributed by atoms with Crippen LogP contribution in [0.25, 0.3) is 0 Å². The summed E-state index contributed by atoms with van der Waals surface area (Å²) in [5.41, 5.74) is 2.45. The van der Waals surface area contributed by atoms with Crippen molar-refractivity contribution in [3.8, 4) is 0 Å². The Morgan fingerprint density at radius 2 is 1.96 bits per heavy atom. The summed E-state index contributed by atoms with van der Waals surface area (Å²) in [6.45, 7) is 5.39. The largest absolute Gasteiger partial charge is 0.401 e. The van der Waals surface area contributed by atoms with E-state index in [1.165, 1.54) is 16.0 Å². The molecule has 1 aliphatic rings. The number of hydrogen-bond donors (Lipinski definition) is 2. The van der Waals surface area contributed by atoms with E-state index in [-0.39, 0.29) is 30.0 Å². The lowest BCUT2D eigenvalue weighted by Crippen LogP contribution is -2.45. The van der Waals surface area contributed by atoms with Gasteiger partial charge in [0.1, 0.15) is 0 Å². The second-order valence-corrected chi connectivity index (χ2v) is 6.48. The van der Waals surface area contributed by atoms with Crippen LogP contribution in [0, 0.1) is 6.92 Å². The number of aryl methyl sites for hydroxylation is 1. The maximum absolute atomic E-state index is 12.5. The number of nitrogens with one attached hydrogen (secondary N) is 2. The highest BCUT2D eigenvalue weighted by Gasteiger charge is 2.34. The van der Waals surface area contributed by atoms with E-state index in [2.05, 4.69) is 46.8 Å². The van der Waals surface area contributed by atoms with E-state index in [0.29, 0.717) is 32.0 Å². The molecule has 8 heteroatoms. The van der Waals surface area contributed by atoms with Crippen molar-refractivity contribution < 1.29 is 13.2 Å². The van der Waals surface area contributed by atoms with Gasteiger partial charge in [-0.05, 0) is 32.3 Å². The lowest BCUT2D eigenvalue weighted by atomic mass is 10.1. The van der Waals surface area contributed by atoms with Crippen LogP contribution in [0.2, 0.25) is 0 Å². The molecule has 1 heterocycles. The van der Waals surface area contributed by atoms with Crippen LogP contribution in [-0.2, 0) is 6.42 Å². The van der Waals surface area contributed by atoms with Crippen molar-refractivity contribution in [2.45, 2.75) is 38.9 Å². The smallest absolute Gasteiger partial charge is 0.357 e. The molecule has 148 valence electrons. The molecule has 0 aromatic heterocycles. The molecular formula is C18H28F3IN4. The molecular weight excluding hydrogens is 456 g/mol. The topological polar surface area (TPSA) is 39.7 Å². The Balaban J connectivity index is 0.00000338. The van der Waals surface area contributed by atoms with Gasteiger partial charge in [-0.2, -0.15) is 13.2 Å². The van der Waals surface area contributed by atoms with Crippen molar-refractivity contribution >= 4 is 29.9 Å². The summed E-state index contributed by atoms with van der Waals surface area (Å²) < 4.78 is 37.4. The molecule has 0 radical (unpaired) electrons. The van der Waals surface area contributed by atoms with E-state index in [9.17, 15) is 13.2 Å². The summed E-state index contributed by atoms with van der Waals surface area (Å²) in [6.07, 6.45) is -2.61. The lowest BCUT2D eigenvalue weighted by Gasteiger charge is -2.19. The average Bonchev–Trinajstić information content (AvgIpc) is 2.94. The van der Waals surface area contributed by atoms with Gasteiger partial charge in [0.15, 0.2) is 5.96 Å². The van der Waals surface area contributed by atoms with Gasteiger partial charge in [-0.1, -0.05) is 29.8 Å². The van der Waals surface area contributed by atoms with E-state index in [4.69, 9.17) is 0 Å². The van der Waals surface area contributed by atoms with Gasteiger partial charge in [0.2, 0.25) is 0 Å². The standard InChI is InChI=1S/C18H27F3N4.HI/c1-3-22-17(23-10-8-15-6-4-14(2)5-7-15)24-16-9-11-25(12-16)13-18(19,20)21;/h4-7,16H,3,8-13H2,1-2H3,(H2,22,23,24);1H. The molecule has 1 saturated heterocycles. The van der Waals surface area contributed by atoms with Crippen LogP contribution in [0.5, 0.6) is 0 Å². The van der Waals surface area contributed by atoms with Crippen molar-refractivity contribution in [2.24, 2.45) is 4.99 Å². The number of rotatable bonds is 6. The fraction of sp³-hybridized carbons (Fsp3) is 0.611. The molecule has 0 amide bonds. The van der Waals surface area contributed by atoms with Crippen molar-refractivity contribution in [3.63, 3.8) is 0 Å². The zero-order valence-electron chi connectivity index (χ0n) is 15.3. The predicted octanol–water partition coefficient (Wildman–Crippen LogP) is 3.35. The van der Waals surface area contributed by atoms with Crippen LogP contribution >= 0.6 is 24.0 Å². The molecule has 1 aromatic rings. The van der Waals surface area contributed by atoms with Crippen molar-refractivity contribution in [1.29, 1.82) is 0 Å². The van der Waals surface area contributed by atoms with Gasteiger partial charge in [0, 0.05) is 32.2 Å². The van der Waals surface area contributed by atoms with Crippen LogP contribution in [0.4, 0.5) is 13.2 Å². The van der Waals surface area contributed by atoms with E-state index >= 15 is 0 Å². The Bertz CT molecular complexity index is 561. The Hall–Kier alpha value is -1.03. The highest BCUT2D eigenvalue weighted by molar-refractivity contribution is 14.0. The number of alkyl halides is 3. The Labute approximate surface area is 170 Å². The Morgan fingerprint density at radius 1 is 1.27 bits per heavy atom. The van der Waals surface area contributed by atoms with Gasteiger partial charge < -0.3 is 10.6 Å². The van der Waals surface area contributed by atoms with Gasteiger partial charge in [0.25, 0.3) is 0 Å². The first-order chi connectivity index (χ1) is 11.9. The third-order valence-electron chi connectivity index (χ3n) is 4.15. The summed E-state index contributed by atoms with van der Waals surface area (Å²) in [6, 6.07) is 8.35. The third-order valence-corrected chi connectivity index (χ3v) is 4.15. The highest BCUT2D eigenvalue weighted by atomic mass is 127. The molecule has 1 fully saturated rings. The van der Waals surface area contributed by atoms with Crippen LogP contribution in [0.15, 0.2) is 29.3 Å². The number of nitrogens with zero attached hydrogens (tertiary/aromatic N) is 2. The first-order valence-corrected chi connectivity index (χ1v) is 8.75. The minimum Gasteiger partial charge on any atom is -0.357 e. The Kier molecular flexibility index (Phi) is 9.70. The molecule has 2 N–H and O–H groups in total. The van der Waals surface area contributed by atoms with Crippen molar-refractivity contribution in [1.82, 2.24) is 15.5 Å². The Morgan fingerprint density at radius 3 is 2.58 bits per heavy atom. The predicted molar refractivity (Wildman–Crippen MR) is 110 cm³/mol. The fourth-order valence-electron chi connectivity index (χ4n) is 2.91. The van der Waals surface area contributed by atoms with Crippen LogP contribution in [0.1, 0.15) is 24.5 Å². The number of halogens is 4. The zero-order valence-corrected chi connectivity index (χ0v) is 17.6. The van der Waals surface area contributed by atoms with E-state index in [1.807, 2.05) is 6.92 Å². The molecule has 1 aliphatic heterocycles. The van der Waals surface area contributed by atoms with E-state index in [1.54, 1.807) is 0 Å². The fourth-order valence-corrected chi connectivity index (χ4v) is 2.91. The second kappa shape index (κ2) is 11.0. The molecule has 1 aromatic carbocycles. The van der Waals surface area contributed by atoms with Gasteiger partial charge in [-0.15, -0.1) is 24.0 Å². The van der Waals surface area contributed by atoms with Gasteiger partial charge in [-0.25, -0.2) is 0 Å². The molecule has 0 aliphatic carbocycles. The van der Waals surface area contributed by atoms with E-state index in [0.717, 1.165) is 13.0 Å². The molecule has 4 nitrogen and oxygen atoms in total. The van der Waals surface area contributed by atoms with Gasteiger partial charge in [0.05, 0.1) is 6.54 Å². The van der Waals surface area contributed by atoms with Gasteiger partial charge >= 0.3 is 6.18 Å². The molecule has 1 unspecified atom stereocenters. The maximum atomic E-state index is 12.5. The van der Waals surface area contributed by atoms with Crippen LogP contribution in [-0.4, -0.2) is 55.8 Å². The maximum Gasteiger partial charge on any atom is 0.401 e. The van der Waals surface area contributed by atoms with Crippen molar-refractivity contribution in [2.75, 3.05) is 32.7 Å². The normalized spacial score (nSPS) is 18.5. The van der Waals surface area contributed by atoms with Crippen LogP contribution in [0.3, 0.4) is 0 Å². The summed E-state index contributed by atoms with van der Waals surface area (Å²) >= 11 is 0. The molecule has 0 bridgehead atoms. The molecule has 0 saturated carbocycles. The first kappa shape index (κ1) is 23.0. The molecule has 2 rings (SSSR count). The number of benzene rings is 1. The molecule has 26 heavy (non-hydrogen) atoms. The highest BCUT2D eigenvalue weighted by Crippen LogP contribution is 2.19. The first-order valence-electron chi connectivity index (χ1n) is 8.75. The number of likely N-dealkylation sites (tertiary alicyclic amines) is 1. The summed E-state index contributed by atoms with van der Waals surface area (Å²) in [5.74, 6) is 0.675.